The highest BCUT2D eigenvalue weighted by Crippen LogP contribution is 2.60. The largest absolute Gasteiger partial charge is 0.497 e. The number of hydrogen-bond acceptors (Lipinski definition) is 7. The van der Waals surface area contributed by atoms with Gasteiger partial charge in [0, 0.05) is 36.7 Å². The van der Waals surface area contributed by atoms with Gasteiger partial charge in [0.05, 0.1) is 39.7 Å². The number of aromatic nitrogens is 3. The lowest BCUT2D eigenvalue weighted by atomic mass is 9.82. The summed E-state index contributed by atoms with van der Waals surface area (Å²) in [5.41, 5.74) is 3.78. The highest BCUT2D eigenvalue weighted by Gasteiger charge is 2.66. The number of ether oxygens (including phenoxy) is 2. The zero-order valence-electron chi connectivity index (χ0n) is 30.6. The van der Waals surface area contributed by atoms with Gasteiger partial charge in [-0.05, 0) is 53.4 Å². The Labute approximate surface area is 311 Å². The maximum absolute atomic E-state index is 15.1. The second kappa shape index (κ2) is 13.7. The second-order valence-electron chi connectivity index (χ2n) is 15.0. The van der Waals surface area contributed by atoms with Gasteiger partial charge in [-0.15, -0.1) is 5.10 Å². The maximum Gasteiger partial charge on any atom is 0.264 e. The van der Waals surface area contributed by atoms with Gasteiger partial charge in [-0.3, -0.25) is 14.3 Å². The topological polar surface area (TPSA) is 110 Å². The van der Waals surface area contributed by atoms with Crippen molar-refractivity contribution in [3.63, 3.8) is 0 Å². The van der Waals surface area contributed by atoms with Crippen LogP contribution in [-0.4, -0.2) is 59.7 Å². The Balaban J connectivity index is 1.11. The fourth-order valence-corrected chi connectivity index (χ4v) is 12.9. The number of anilines is 2. The molecule has 4 heterocycles. The first-order valence-electron chi connectivity index (χ1n) is 18.4. The van der Waals surface area contributed by atoms with Crippen molar-refractivity contribution in [1.29, 1.82) is 0 Å². The number of aliphatic hydroxyl groups is 1. The second-order valence-corrected chi connectivity index (χ2v) is 19.7. The maximum atomic E-state index is 15.1. The quantitative estimate of drug-likeness (QED) is 0.132. The summed E-state index contributed by atoms with van der Waals surface area (Å²) in [6.45, 7) is 8.59. The van der Waals surface area contributed by atoms with E-state index in [-0.39, 0.29) is 29.4 Å². The molecule has 3 aliphatic rings. The molecule has 0 aliphatic carbocycles. The molecule has 1 aromatic heterocycles. The third-order valence-corrected chi connectivity index (χ3v) is 16.1. The molecule has 1 spiro atoms. The molecule has 2 amide bonds. The Bertz CT molecular complexity index is 2120. The summed E-state index contributed by atoms with van der Waals surface area (Å²) < 4.78 is 14.6. The molecule has 4 aromatic carbocycles. The highest BCUT2D eigenvalue weighted by molar-refractivity contribution is 6.91. The van der Waals surface area contributed by atoms with Crippen LogP contribution in [0.3, 0.4) is 0 Å². The van der Waals surface area contributed by atoms with Crippen LogP contribution in [-0.2, 0) is 33.0 Å². The van der Waals surface area contributed by atoms with Crippen molar-refractivity contribution in [2.75, 3.05) is 23.5 Å². The number of carbonyl (C=O) groups is 2. The van der Waals surface area contributed by atoms with Gasteiger partial charge in [0.2, 0.25) is 5.91 Å². The van der Waals surface area contributed by atoms with E-state index < -0.39 is 19.8 Å². The smallest absolute Gasteiger partial charge is 0.264 e. The minimum absolute atomic E-state index is 0.0470. The van der Waals surface area contributed by atoms with Gasteiger partial charge in [0.15, 0.2) is 5.60 Å². The number of rotatable bonds is 11. The number of β-lactam (4-membered cyclic amide) rings is 1. The summed E-state index contributed by atoms with van der Waals surface area (Å²) >= 11 is 0. The van der Waals surface area contributed by atoms with E-state index in [4.69, 9.17) is 9.47 Å². The van der Waals surface area contributed by atoms with E-state index in [1.165, 1.54) is 5.19 Å². The molecule has 0 unspecified atom stereocenters. The summed E-state index contributed by atoms with van der Waals surface area (Å²) in [5, 5.41) is 21.0. The summed E-state index contributed by atoms with van der Waals surface area (Å²) in [4.78, 5) is 30.8. The molecular weight excluding hydrogens is 683 g/mol. The van der Waals surface area contributed by atoms with Crippen molar-refractivity contribution in [3.8, 4) is 5.75 Å². The van der Waals surface area contributed by atoms with E-state index in [2.05, 4.69) is 48.5 Å². The van der Waals surface area contributed by atoms with E-state index >= 15 is 4.79 Å². The van der Waals surface area contributed by atoms with Gasteiger partial charge in [-0.2, -0.15) is 0 Å². The Hall–Kier alpha value is -5.10. The standard InChI is InChI=1S/C42H45N5O5Si/c1-28-40(53(3,4)33-20-18-32(51-2)19-21-33)37(22-24-45-27-35(43-44-45)39(49)30-10-6-5-7-11-30)52-42(28)34-12-8-9-13-36(34)47(41(42)50)26-29-14-16-31(17-15-29)46-25-23-38(46)48/h5-21,27-28,37,39-40,49H,22-26H2,1-4H3/t28-,37+,39+,40-,42+/m0/s1. The average molecular weight is 728 g/mol. The highest BCUT2D eigenvalue weighted by atomic mass is 28.3. The minimum atomic E-state index is -2.33. The van der Waals surface area contributed by atoms with Crippen LogP contribution < -0.4 is 19.7 Å². The van der Waals surface area contributed by atoms with Crippen LogP contribution in [0.15, 0.2) is 109 Å². The van der Waals surface area contributed by atoms with Gasteiger partial charge < -0.3 is 24.4 Å². The SMILES string of the molecule is COc1ccc([Si](C)(C)[C@@H]2[C@@H](CCn3cc([C@H](O)c4ccccc4)nn3)O[C@]3(C(=O)N(Cc4ccc(N5CCC5=O)cc4)c4ccccc43)[C@H]2C)cc1. The zero-order valence-corrected chi connectivity index (χ0v) is 31.6. The first-order valence-corrected chi connectivity index (χ1v) is 21.5. The number of nitrogens with zero attached hydrogens (tertiary/aromatic N) is 5. The summed E-state index contributed by atoms with van der Waals surface area (Å²) in [7, 11) is -0.658. The molecule has 8 rings (SSSR count). The van der Waals surface area contributed by atoms with Gasteiger partial charge >= 0.3 is 0 Å². The van der Waals surface area contributed by atoms with Gasteiger partial charge in [-0.25, -0.2) is 0 Å². The zero-order chi connectivity index (χ0) is 36.9. The lowest BCUT2D eigenvalue weighted by Crippen LogP contribution is -2.51. The van der Waals surface area contributed by atoms with E-state index in [1.807, 2.05) is 89.8 Å². The number of aliphatic hydroxyl groups excluding tert-OH is 1. The van der Waals surface area contributed by atoms with Crippen LogP contribution >= 0.6 is 0 Å². The van der Waals surface area contributed by atoms with Crippen LogP contribution in [0.5, 0.6) is 5.75 Å². The number of methoxy groups -OCH3 is 1. The number of amides is 2. The van der Waals surface area contributed by atoms with E-state index in [0.29, 0.717) is 31.6 Å². The van der Waals surface area contributed by atoms with Crippen LogP contribution in [0.1, 0.15) is 48.3 Å². The normalized spacial score (nSPS) is 23.0. The molecule has 0 saturated carbocycles. The number of benzene rings is 4. The van der Waals surface area contributed by atoms with Gasteiger partial charge in [-0.1, -0.05) is 103 Å². The Morgan fingerprint density at radius 1 is 0.962 bits per heavy atom. The molecule has 11 heteroatoms. The van der Waals surface area contributed by atoms with Crippen LogP contribution in [0.4, 0.5) is 11.4 Å². The van der Waals surface area contributed by atoms with Crippen molar-refractivity contribution in [2.24, 2.45) is 5.92 Å². The fraction of sp³-hybridized carbons (Fsp3) is 0.333. The molecule has 10 nitrogen and oxygen atoms in total. The molecule has 1 N–H and O–H groups in total. The lowest BCUT2D eigenvalue weighted by Gasteiger charge is -2.37. The molecule has 5 atom stereocenters. The first kappa shape index (κ1) is 35.0. The van der Waals surface area contributed by atoms with E-state index in [9.17, 15) is 9.90 Å². The van der Waals surface area contributed by atoms with Crippen LogP contribution in [0.25, 0.3) is 0 Å². The summed E-state index contributed by atoms with van der Waals surface area (Å²) in [6, 6.07) is 33.8. The molecule has 272 valence electrons. The van der Waals surface area contributed by atoms with Gasteiger partial charge in [0.25, 0.3) is 5.91 Å². The van der Waals surface area contributed by atoms with Crippen molar-refractivity contribution in [2.45, 2.75) is 69.3 Å². The van der Waals surface area contributed by atoms with Crippen molar-refractivity contribution in [3.05, 3.63) is 132 Å². The van der Waals surface area contributed by atoms with Crippen molar-refractivity contribution in [1.82, 2.24) is 15.0 Å². The third kappa shape index (κ3) is 5.96. The molecule has 3 aliphatic heterocycles. The number of para-hydroxylation sites is 1. The van der Waals surface area contributed by atoms with Crippen molar-refractivity contribution < 1.29 is 24.2 Å². The molecular formula is C42H45N5O5Si. The van der Waals surface area contributed by atoms with E-state index in [0.717, 1.165) is 40.4 Å². The predicted molar refractivity (Wildman–Crippen MR) is 206 cm³/mol. The summed E-state index contributed by atoms with van der Waals surface area (Å²) in [5.74, 6) is 0.757. The molecule has 0 bridgehead atoms. The van der Waals surface area contributed by atoms with Gasteiger partial charge in [0.1, 0.15) is 17.5 Å². The number of carbonyl (C=O) groups excluding carboxylic acids is 2. The lowest BCUT2D eigenvalue weighted by molar-refractivity contribution is -0.146. The molecule has 5 aromatic rings. The van der Waals surface area contributed by atoms with Crippen molar-refractivity contribution >= 4 is 36.4 Å². The minimum Gasteiger partial charge on any atom is -0.497 e. The van der Waals surface area contributed by atoms with Crippen LogP contribution in [0.2, 0.25) is 18.6 Å². The number of fused-ring (bicyclic) bond motifs is 2. The monoisotopic (exact) mass is 727 g/mol. The average Bonchev–Trinajstić information content (AvgIpc) is 3.84. The number of aryl methyl sites for hydroxylation is 1. The Kier molecular flexibility index (Phi) is 9.04. The molecule has 53 heavy (non-hydrogen) atoms. The summed E-state index contributed by atoms with van der Waals surface area (Å²) in [6.07, 6.45) is 1.86. The fourth-order valence-electron chi connectivity index (χ4n) is 8.86. The predicted octanol–water partition coefficient (Wildman–Crippen LogP) is 5.96. The first-order chi connectivity index (χ1) is 25.6. The number of hydrogen-bond donors (Lipinski definition) is 1. The van der Waals surface area contributed by atoms with E-state index in [1.54, 1.807) is 22.9 Å². The Morgan fingerprint density at radius 3 is 2.36 bits per heavy atom. The third-order valence-electron chi connectivity index (χ3n) is 11.8. The molecule has 2 fully saturated rings. The molecule has 0 radical (unpaired) electrons. The van der Waals surface area contributed by atoms with Crippen LogP contribution in [0, 0.1) is 5.92 Å². The molecule has 2 saturated heterocycles. The Morgan fingerprint density at radius 2 is 1.68 bits per heavy atom.